The van der Waals surface area contributed by atoms with Crippen LogP contribution in [-0.2, 0) is 15.8 Å². The number of carbonyl (C=O) groups excluding carboxylic acids is 1. The minimum absolute atomic E-state index is 0.00987. The third-order valence-corrected chi connectivity index (χ3v) is 13.7. The maximum absolute atomic E-state index is 13.9. The van der Waals surface area contributed by atoms with Crippen molar-refractivity contribution in [2.24, 2.45) is 5.92 Å². The average Bonchev–Trinajstić information content (AvgIpc) is 3.06. The molecule has 0 aliphatic heterocycles. The van der Waals surface area contributed by atoms with Gasteiger partial charge in [0.05, 0.1) is 19.3 Å². The number of para-hydroxylation sites is 1. The minimum Gasteiger partial charge on any atom is -0.497 e. The Labute approximate surface area is 286 Å². The molecular formula is C40H50FNO5Si. The van der Waals surface area contributed by atoms with Crippen LogP contribution in [0.5, 0.6) is 11.5 Å². The highest BCUT2D eigenvalue weighted by Gasteiger charge is 2.39. The molecule has 3 atom stereocenters. The molecule has 0 bridgehead atoms. The third-order valence-electron chi connectivity index (χ3n) is 9.25. The summed E-state index contributed by atoms with van der Waals surface area (Å²) in [5.41, 5.74) is 3.21. The lowest BCUT2D eigenvalue weighted by Crippen LogP contribution is -2.41. The van der Waals surface area contributed by atoms with Gasteiger partial charge in [-0.1, -0.05) is 87.9 Å². The largest absolute Gasteiger partial charge is 0.497 e. The Morgan fingerprint density at radius 1 is 0.896 bits per heavy atom. The second-order valence-corrected chi connectivity index (χ2v) is 18.6. The maximum atomic E-state index is 13.9. The van der Waals surface area contributed by atoms with Gasteiger partial charge in [0.15, 0.2) is 8.32 Å². The summed E-state index contributed by atoms with van der Waals surface area (Å²) in [7, 11) is -0.585. The van der Waals surface area contributed by atoms with Crippen molar-refractivity contribution >= 4 is 19.9 Å². The van der Waals surface area contributed by atoms with Crippen molar-refractivity contribution in [3.8, 4) is 11.5 Å². The summed E-state index contributed by atoms with van der Waals surface area (Å²) in [6, 6.07) is 31.1. The van der Waals surface area contributed by atoms with Crippen LogP contribution in [0.25, 0.3) is 0 Å². The van der Waals surface area contributed by atoms with E-state index in [1.807, 2.05) is 66.7 Å². The summed E-state index contributed by atoms with van der Waals surface area (Å²) in [4.78, 5) is 13.4. The monoisotopic (exact) mass is 671 g/mol. The van der Waals surface area contributed by atoms with E-state index >= 15 is 0 Å². The molecule has 4 rings (SSSR count). The van der Waals surface area contributed by atoms with Crippen LogP contribution in [-0.4, -0.2) is 26.4 Å². The highest BCUT2D eigenvalue weighted by molar-refractivity contribution is 6.74. The quantitative estimate of drug-likeness (QED) is 0.116. The zero-order valence-corrected chi connectivity index (χ0v) is 30.0. The van der Waals surface area contributed by atoms with Crippen LogP contribution in [0, 0.1) is 11.7 Å². The summed E-state index contributed by atoms with van der Waals surface area (Å²) in [6.45, 7) is 11.3. The molecule has 256 valence electrons. The molecule has 0 fully saturated rings. The van der Waals surface area contributed by atoms with Crippen LogP contribution in [0.2, 0.25) is 18.1 Å². The van der Waals surface area contributed by atoms with E-state index < -0.39 is 20.3 Å². The molecule has 0 radical (unpaired) electrons. The molecule has 4 aromatic carbocycles. The summed E-state index contributed by atoms with van der Waals surface area (Å²) in [6.07, 6.45) is 0.744. The van der Waals surface area contributed by atoms with E-state index in [0.29, 0.717) is 48.6 Å². The third kappa shape index (κ3) is 10.5. The molecule has 4 aromatic rings. The predicted octanol–water partition coefficient (Wildman–Crippen LogP) is 10.0. The number of benzene rings is 4. The van der Waals surface area contributed by atoms with E-state index in [2.05, 4.69) is 39.2 Å². The number of carbonyl (C=O) groups is 1. The van der Waals surface area contributed by atoms with Gasteiger partial charge in [-0.15, -0.1) is 0 Å². The van der Waals surface area contributed by atoms with Crippen LogP contribution < -0.4 is 14.8 Å². The van der Waals surface area contributed by atoms with E-state index in [-0.39, 0.29) is 29.3 Å². The molecule has 8 heteroatoms. The number of ether oxygens (including phenoxy) is 2. The molecule has 6 nitrogen and oxygen atoms in total. The van der Waals surface area contributed by atoms with Gasteiger partial charge in [0.25, 0.3) is 0 Å². The first-order valence-electron chi connectivity index (χ1n) is 16.7. The summed E-state index contributed by atoms with van der Waals surface area (Å²) in [5.74, 6) is 0.213. The SMILES string of the molecule is COc1ccc([C@H](O)C(CCC[C@@H](O[Si](C)(C)C(C)(C)C)c2ccc(F)cc2)CC(=O)Nc2ccccc2)c(OCc2ccccc2)c1. The van der Waals surface area contributed by atoms with Crippen molar-refractivity contribution in [3.05, 3.63) is 126 Å². The number of nitrogens with one attached hydrogen (secondary N) is 1. The Balaban J connectivity index is 1.58. The van der Waals surface area contributed by atoms with Crippen LogP contribution in [0.1, 0.15) is 75.4 Å². The second-order valence-electron chi connectivity index (χ2n) is 13.9. The lowest BCUT2D eigenvalue weighted by atomic mass is 9.87. The van der Waals surface area contributed by atoms with Gasteiger partial charge in [0.1, 0.15) is 23.9 Å². The number of methoxy groups -OCH3 is 1. The van der Waals surface area contributed by atoms with Crippen LogP contribution in [0.4, 0.5) is 10.1 Å². The number of anilines is 1. The van der Waals surface area contributed by atoms with Crippen molar-refractivity contribution in [3.63, 3.8) is 0 Å². The highest BCUT2D eigenvalue weighted by atomic mass is 28.4. The van der Waals surface area contributed by atoms with E-state index in [1.54, 1.807) is 31.4 Å². The Hall–Kier alpha value is -3.98. The molecule has 0 spiro atoms. The number of hydrogen-bond donors (Lipinski definition) is 2. The Morgan fingerprint density at radius 2 is 1.54 bits per heavy atom. The van der Waals surface area contributed by atoms with Crippen molar-refractivity contribution < 1.29 is 28.2 Å². The molecule has 1 unspecified atom stereocenters. The lowest BCUT2D eigenvalue weighted by Gasteiger charge is -2.39. The fraction of sp³-hybridized carbons (Fsp3) is 0.375. The molecule has 0 saturated carbocycles. The van der Waals surface area contributed by atoms with Crippen molar-refractivity contribution in [1.29, 1.82) is 0 Å². The normalized spacial score (nSPS) is 13.8. The van der Waals surface area contributed by atoms with E-state index in [0.717, 1.165) is 11.1 Å². The molecule has 48 heavy (non-hydrogen) atoms. The summed E-state index contributed by atoms with van der Waals surface area (Å²) in [5, 5.41) is 14.9. The van der Waals surface area contributed by atoms with E-state index in [1.165, 1.54) is 12.1 Å². The summed E-state index contributed by atoms with van der Waals surface area (Å²) >= 11 is 0. The fourth-order valence-corrected chi connectivity index (χ4v) is 6.73. The molecular weight excluding hydrogens is 622 g/mol. The maximum Gasteiger partial charge on any atom is 0.224 e. The first kappa shape index (κ1) is 36.8. The van der Waals surface area contributed by atoms with Crippen LogP contribution >= 0.6 is 0 Å². The Bertz CT molecular complexity index is 1580. The van der Waals surface area contributed by atoms with Crippen molar-refractivity contribution in [2.45, 2.75) is 83.4 Å². The van der Waals surface area contributed by atoms with Gasteiger partial charge in [0.2, 0.25) is 5.91 Å². The minimum atomic E-state index is -2.17. The lowest BCUT2D eigenvalue weighted by molar-refractivity contribution is -0.118. The molecule has 2 N–H and O–H groups in total. The smallest absolute Gasteiger partial charge is 0.224 e. The van der Waals surface area contributed by atoms with Crippen LogP contribution in [0.3, 0.4) is 0 Å². The first-order chi connectivity index (χ1) is 22.9. The van der Waals surface area contributed by atoms with Gasteiger partial charge in [-0.05, 0) is 84.4 Å². The molecule has 1 amide bonds. The van der Waals surface area contributed by atoms with Gasteiger partial charge >= 0.3 is 0 Å². The zero-order chi connectivity index (χ0) is 34.7. The number of hydrogen-bond acceptors (Lipinski definition) is 5. The molecule has 0 aliphatic carbocycles. The highest BCUT2D eigenvalue weighted by Crippen LogP contribution is 2.42. The van der Waals surface area contributed by atoms with Gasteiger partial charge in [0, 0.05) is 23.7 Å². The number of aliphatic hydroxyl groups excluding tert-OH is 1. The first-order valence-corrected chi connectivity index (χ1v) is 19.6. The summed E-state index contributed by atoms with van der Waals surface area (Å²) < 4.78 is 32.5. The Morgan fingerprint density at radius 3 is 2.17 bits per heavy atom. The molecule has 0 aromatic heterocycles. The van der Waals surface area contributed by atoms with E-state index in [4.69, 9.17) is 13.9 Å². The van der Waals surface area contributed by atoms with Gasteiger partial charge in [-0.3, -0.25) is 4.79 Å². The van der Waals surface area contributed by atoms with Crippen LogP contribution in [0.15, 0.2) is 103 Å². The van der Waals surface area contributed by atoms with Crippen molar-refractivity contribution in [2.75, 3.05) is 12.4 Å². The molecule has 0 saturated heterocycles. The predicted molar refractivity (Wildman–Crippen MR) is 193 cm³/mol. The average molecular weight is 672 g/mol. The van der Waals surface area contributed by atoms with E-state index in [9.17, 15) is 14.3 Å². The number of aliphatic hydroxyl groups is 1. The zero-order valence-electron chi connectivity index (χ0n) is 29.0. The number of amides is 1. The van der Waals surface area contributed by atoms with Gasteiger partial charge in [-0.25, -0.2) is 4.39 Å². The topological polar surface area (TPSA) is 77.0 Å². The number of rotatable bonds is 16. The molecule has 0 aliphatic rings. The molecule has 0 heterocycles. The Kier molecular flexibility index (Phi) is 13.0. The van der Waals surface area contributed by atoms with Gasteiger partial charge in [-0.2, -0.15) is 0 Å². The fourth-order valence-electron chi connectivity index (χ4n) is 5.41. The van der Waals surface area contributed by atoms with Gasteiger partial charge < -0.3 is 24.3 Å². The standard InChI is InChI=1S/C40H50FNO5Si/c1-40(2,3)48(5,6)47-36(30-20-22-32(41)23-21-30)19-13-16-31(26-38(43)42-33-17-11-8-12-18-33)39(44)35-25-24-34(45-4)27-37(35)46-28-29-14-9-7-10-15-29/h7-12,14-15,17-18,20-25,27,31,36,39,44H,13,16,19,26,28H2,1-6H3,(H,42,43)/t31?,36-,39-/m1/s1. The van der Waals surface area contributed by atoms with Crippen molar-refractivity contribution in [1.82, 2.24) is 0 Å². The number of halogens is 1. The second kappa shape index (κ2) is 16.9.